The molecule has 0 spiro atoms. The molecular weight excluding hydrogens is 608 g/mol. The molecule has 0 aromatic heterocycles. The van der Waals surface area contributed by atoms with Crippen LogP contribution in [0.25, 0.3) is 0 Å². The van der Waals surface area contributed by atoms with Gasteiger partial charge in [-0.15, -0.1) is 23.2 Å². The summed E-state index contributed by atoms with van der Waals surface area (Å²) in [6.45, 7) is 0. The molecule has 4 aliphatic rings. The molecular formula is C33H26Cl2FN3O5. The number of benzene rings is 3. The smallest absolute Gasteiger partial charge is 0.253 e. The number of hydrogen-bond donors (Lipinski definition) is 2. The van der Waals surface area contributed by atoms with Gasteiger partial charge in [-0.1, -0.05) is 35.9 Å². The second kappa shape index (κ2) is 9.90. The molecule has 3 fully saturated rings. The van der Waals surface area contributed by atoms with E-state index >= 15 is 0 Å². The number of halogens is 3. The van der Waals surface area contributed by atoms with Crippen LogP contribution < -0.4 is 10.2 Å². The molecule has 4 amide bonds. The summed E-state index contributed by atoms with van der Waals surface area (Å²) in [6.07, 6.45) is 1.80. The summed E-state index contributed by atoms with van der Waals surface area (Å²) in [6, 6.07) is 20.1. The van der Waals surface area contributed by atoms with Crippen LogP contribution in [0, 0.1) is 23.6 Å². The van der Waals surface area contributed by atoms with E-state index in [1.54, 1.807) is 30.3 Å². The van der Waals surface area contributed by atoms with Crippen LogP contribution in [0.4, 0.5) is 21.5 Å². The minimum Gasteiger partial charge on any atom is -0.505 e. The summed E-state index contributed by atoms with van der Waals surface area (Å²) < 4.78 is 14.7. The summed E-state index contributed by atoms with van der Waals surface area (Å²) in [5.41, 5.74) is 2.83. The maximum atomic E-state index is 14.7. The molecule has 2 aliphatic heterocycles. The number of likely N-dealkylation sites (tertiary alicyclic amines) is 1. The van der Waals surface area contributed by atoms with Crippen molar-refractivity contribution in [3.63, 3.8) is 0 Å². The zero-order valence-corrected chi connectivity index (χ0v) is 24.8. The maximum Gasteiger partial charge on any atom is 0.253 e. The van der Waals surface area contributed by atoms with Gasteiger partial charge in [0.25, 0.3) is 11.8 Å². The molecule has 7 rings (SSSR count). The number of fused-ring (bicyclic) bond motifs is 4. The van der Waals surface area contributed by atoms with Gasteiger partial charge in [0.1, 0.15) is 0 Å². The van der Waals surface area contributed by atoms with E-state index in [-0.39, 0.29) is 24.3 Å². The molecule has 2 aliphatic carbocycles. The Labute approximate surface area is 262 Å². The Morgan fingerprint density at radius 3 is 2.25 bits per heavy atom. The second-order valence-electron chi connectivity index (χ2n) is 11.8. The van der Waals surface area contributed by atoms with Crippen molar-refractivity contribution in [1.29, 1.82) is 0 Å². The van der Waals surface area contributed by atoms with E-state index in [2.05, 4.69) is 5.32 Å². The Morgan fingerprint density at radius 1 is 0.886 bits per heavy atom. The number of phenols is 1. The van der Waals surface area contributed by atoms with Crippen LogP contribution in [-0.4, -0.2) is 50.4 Å². The molecule has 2 heterocycles. The standard InChI is InChI=1S/C33H26Cl2FN3O5/c1-38-30(43)32(34)16-23-21(27(33(32,35)31(38)44)17-7-14-25(40)24(36)15-17)12-13-22-26(23)29(42)39(28(22)41)20-10-8-19(9-11-20)37-18-5-3-2-4-6-18/h2-12,14-15,22-23,26-27,37,40H,13,16H2,1H3. The predicted molar refractivity (Wildman–Crippen MR) is 162 cm³/mol. The first kappa shape index (κ1) is 28.6. The Hall–Kier alpha value is -4.21. The van der Waals surface area contributed by atoms with Crippen LogP contribution in [0.5, 0.6) is 5.75 Å². The first-order valence-electron chi connectivity index (χ1n) is 14.2. The van der Waals surface area contributed by atoms with E-state index in [1.807, 2.05) is 30.3 Å². The fraction of sp³-hybridized carbons (Fsp3) is 0.273. The Bertz CT molecular complexity index is 1780. The van der Waals surface area contributed by atoms with Gasteiger partial charge in [0, 0.05) is 24.3 Å². The van der Waals surface area contributed by atoms with Crippen LogP contribution in [0.1, 0.15) is 24.3 Å². The normalized spacial score (nSPS) is 31.0. The Morgan fingerprint density at radius 2 is 1.57 bits per heavy atom. The number of carbonyl (C=O) groups is 4. The van der Waals surface area contributed by atoms with Crippen LogP contribution in [0.3, 0.4) is 0 Å². The van der Waals surface area contributed by atoms with Gasteiger partial charge in [-0.05, 0) is 72.9 Å². The van der Waals surface area contributed by atoms with Gasteiger partial charge < -0.3 is 10.4 Å². The van der Waals surface area contributed by atoms with E-state index in [4.69, 9.17) is 23.2 Å². The summed E-state index contributed by atoms with van der Waals surface area (Å²) >= 11 is 14.2. The maximum absolute atomic E-state index is 14.7. The fourth-order valence-electron chi connectivity index (χ4n) is 7.46. The number of amides is 4. The number of allylic oxidation sites excluding steroid dienone is 2. The Kier molecular flexibility index (Phi) is 6.43. The summed E-state index contributed by atoms with van der Waals surface area (Å²) in [7, 11) is 1.29. The van der Waals surface area contributed by atoms with Crippen molar-refractivity contribution in [2.45, 2.75) is 28.5 Å². The van der Waals surface area contributed by atoms with Gasteiger partial charge >= 0.3 is 0 Å². The largest absolute Gasteiger partial charge is 0.505 e. The summed E-state index contributed by atoms with van der Waals surface area (Å²) in [4.78, 5) is 53.1. The highest BCUT2D eigenvalue weighted by molar-refractivity contribution is 6.53. The molecule has 2 N–H and O–H groups in total. The number of hydrogen-bond acceptors (Lipinski definition) is 6. The molecule has 224 valence electrons. The molecule has 6 unspecified atom stereocenters. The van der Waals surface area contributed by atoms with E-state index in [9.17, 15) is 28.7 Å². The molecule has 0 radical (unpaired) electrons. The average Bonchev–Trinajstić information content (AvgIpc) is 3.34. The minimum atomic E-state index is -2.02. The lowest BCUT2D eigenvalue weighted by Gasteiger charge is -2.50. The first-order valence-corrected chi connectivity index (χ1v) is 14.9. The number of rotatable bonds is 4. The van der Waals surface area contributed by atoms with Gasteiger partial charge in [0.05, 0.1) is 17.5 Å². The number of nitrogens with one attached hydrogen (secondary N) is 1. The van der Waals surface area contributed by atoms with Crippen LogP contribution in [0.15, 0.2) is 84.4 Å². The topological polar surface area (TPSA) is 107 Å². The third-order valence-electron chi connectivity index (χ3n) is 9.51. The molecule has 3 aromatic rings. The van der Waals surface area contributed by atoms with Crippen molar-refractivity contribution >= 4 is 63.9 Å². The number of phenolic OH excluding ortho intramolecular Hbond substituents is 1. The number of para-hydroxylation sites is 1. The van der Waals surface area contributed by atoms with Gasteiger partial charge in [-0.25, -0.2) is 4.39 Å². The number of anilines is 3. The lowest BCUT2D eigenvalue weighted by molar-refractivity contribution is -0.138. The quantitative estimate of drug-likeness (QED) is 0.224. The van der Waals surface area contributed by atoms with Gasteiger partial charge in [0.15, 0.2) is 21.3 Å². The van der Waals surface area contributed by atoms with E-state index < -0.39 is 62.7 Å². The third-order valence-corrected chi connectivity index (χ3v) is 10.9. The lowest BCUT2D eigenvalue weighted by atomic mass is 9.56. The van der Waals surface area contributed by atoms with E-state index in [0.29, 0.717) is 11.3 Å². The number of nitrogens with zero attached hydrogens (tertiary/aromatic N) is 2. The molecule has 3 aromatic carbocycles. The van der Waals surface area contributed by atoms with Crippen molar-refractivity contribution in [2.24, 2.45) is 17.8 Å². The summed E-state index contributed by atoms with van der Waals surface area (Å²) in [5, 5.41) is 13.1. The zero-order chi connectivity index (χ0) is 31.1. The van der Waals surface area contributed by atoms with E-state index in [1.165, 1.54) is 18.0 Å². The number of imide groups is 2. The second-order valence-corrected chi connectivity index (χ2v) is 13.0. The van der Waals surface area contributed by atoms with Crippen LogP contribution >= 0.6 is 23.2 Å². The van der Waals surface area contributed by atoms with Crippen LogP contribution in [-0.2, 0) is 19.2 Å². The highest BCUT2D eigenvalue weighted by Gasteiger charge is 2.75. The van der Waals surface area contributed by atoms with Crippen molar-refractivity contribution in [2.75, 3.05) is 17.3 Å². The number of alkyl halides is 2. The minimum absolute atomic E-state index is 0.163. The van der Waals surface area contributed by atoms with Gasteiger partial charge in [0.2, 0.25) is 11.8 Å². The van der Waals surface area contributed by atoms with Crippen LogP contribution in [0.2, 0.25) is 0 Å². The zero-order valence-electron chi connectivity index (χ0n) is 23.3. The highest BCUT2D eigenvalue weighted by atomic mass is 35.5. The first-order chi connectivity index (χ1) is 21.0. The predicted octanol–water partition coefficient (Wildman–Crippen LogP) is 5.47. The fourth-order valence-corrected chi connectivity index (χ4v) is 8.48. The number of carbonyl (C=O) groups excluding carboxylic acids is 4. The molecule has 1 saturated carbocycles. The highest BCUT2D eigenvalue weighted by Crippen LogP contribution is 2.65. The van der Waals surface area contributed by atoms with Crippen molar-refractivity contribution in [3.8, 4) is 5.75 Å². The monoisotopic (exact) mass is 633 g/mol. The van der Waals surface area contributed by atoms with Crippen molar-refractivity contribution in [3.05, 3.63) is 95.8 Å². The molecule has 0 bridgehead atoms. The SMILES string of the molecule is CN1C(=O)C2(Cl)CC3C(=CCC4C(=O)N(c5ccc(Nc6ccccc6)cc5)C(=O)C43)C(c3ccc(O)c(F)c3)C2(Cl)C1=O. The molecule has 44 heavy (non-hydrogen) atoms. The Balaban J connectivity index is 1.27. The molecule has 6 atom stereocenters. The molecule has 11 heteroatoms. The number of aromatic hydroxyl groups is 1. The van der Waals surface area contributed by atoms with Crippen molar-refractivity contribution < 1.29 is 28.7 Å². The third kappa shape index (κ3) is 3.81. The molecule has 8 nitrogen and oxygen atoms in total. The lowest BCUT2D eigenvalue weighted by Crippen LogP contribution is -2.60. The molecule has 2 saturated heterocycles. The van der Waals surface area contributed by atoms with E-state index in [0.717, 1.165) is 28.4 Å². The average molecular weight is 634 g/mol. The van der Waals surface area contributed by atoms with Gasteiger partial charge in [-0.2, -0.15) is 0 Å². The van der Waals surface area contributed by atoms with Crippen molar-refractivity contribution in [1.82, 2.24) is 4.90 Å². The van der Waals surface area contributed by atoms with Gasteiger partial charge in [-0.3, -0.25) is 29.0 Å². The summed E-state index contributed by atoms with van der Waals surface area (Å²) in [5.74, 6) is -7.23.